The van der Waals surface area contributed by atoms with Gasteiger partial charge in [-0.05, 0) is 19.1 Å². The van der Waals surface area contributed by atoms with Crippen LogP contribution in [0, 0.1) is 5.82 Å². The predicted octanol–water partition coefficient (Wildman–Crippen LogP) is 1.21. The topological polar surface area (TPSA) is 58.6 Å². The Balaban J connectivity index is 2.80. The van der Waals surface area contributed by atoms with Crippen molar-refractivity contribution >= 4 is 5.91 Å². The van der Waals surface area contributed by atoms with Crippen LogP contribution in [-0.4, -0.2) is 17.6 Å². The molecule has 0 spiro atoms. The highest BCUT2D eigenvalue weighted by Gasteiger charge is 2.11. The number of phenols is 1. The number of carbonyl (C=O) groups is 1. The molecule has 1 amide bonds. The number of halogens is 1. The third-order valence-electron chi connectivity index (χ3n) is 1.51. The minimum Gasteiger partial charge on any atom is -0.508 e. The van der Waals surface area contributed by atoms with Gasteiger partial charge >= 0.3 is 0 Å². The molecule has 1 aromatic carbocycles. The van der Waals surface area contributed by atoms with E-state index in [9.17, 15) is 9.18 Å². The van der Waals surface area contributed by atoms with E-state index in [-0.39, 0.29) is 11.3 Å². The first-order valence-electron chi connectivity index (χ1n) is 4.05. The van der Waals surface area contributed by atoms with E-state index in [1.807, 2.05) is 5.48 Å². The lowest BCUT2D eigenvalue weighted by atomic mass is 10.2. The Labute approximate surface area is 80.3 Å². The van der Waals surface area contributed by atoms with E-state index >= 15 is 0 Å². The molecule has 14 heavy (non-hydrogen) atoms. The highest BCUT2D eigenvalue weighted by Crippen LogP contribution is 2.14. The third kappa shape index (κ3) is 2.43. The number of carbonyl (C=O) groups excluding carboxylic acids is 1. The van der Waals surface area contributed by atoms with Crippen LogP contribution in [0.5, 0.6) is 5.75 Å². The molecule has 1 aromatic rings. The molecule has 0 aliphatic heterocycles. The molecule has 0 radical (unpaired) electrons. The van der Waals surface area contributed by atoms with Gasteiger partial charge in [-0.1, -0.05) is 0 Å². The fraction of sp³-hybridized carbons (Fsp3) is 0.222. The second kappa shape index (κ2) is 4.57. The van der Waals surface area contributed by atoms with Crippen molar-refractivity contribution in [3.63, 3.8) is 0 Å². The van der Waals surface area contributed by atoms with Crippen LogP contribution in [0.2, 0.25) is 0 Å². The van der Waals surface area contributed by atoms with Gasteiger partial charge in [0.15, 0.2) is 0 Å². The Morgan fingerprint density at radius 2 is 2.36 bits per heavy atom. The molecule has 2 N–H and O–H groups in total. The van der Waals surface area contributed by atoms with E-state index in [1.165, 1.54) is 12.1 Å². The number of aromatic hydroxyl groups is 1. The first kappa shape index (κ1) is 10.5. The Morgan fingerprint density at radius 3 is 2.93 bits per heavy atom. The van der Waals surface area contributed by atoms with Crippen molar-refractivity contribution in [1.29, 1.82) is 0 Å². The maximum atomic E-state index is 13.1. The number of hydrogen-bond acceptors (Lipinski definition) is 3. The summed E-state index contributed by atoms with van der Waals surface area (Å²) < 4.78 is 13.1. The van der Waals surface area contributed by atoms with Gasteiger partial charge in [-0.25, -0.2) is 9.87 Å². The highest BCUT2D eigenvalue weighted by molar-refractivity contribution is 5.93. The van der Waals surface area contributed by atoms with Gasteiger partial charge in [-0.2, -0.15) is 0 Å². The molecule has 0 fully saturated rings. The fourth-order valence-corrected chi connectivity index (χ4v) is 0.881. The van der Waals surface area contributed by atoms with E-state index in [4.69, 9.17) is 5.11 Å². The molecule has 0 bridgehead atoms. The van der Waals surface area contributed by atoms with E-state index in [1.54, 1.807) is 6.92 Å². The molecule has 0 aromatic heterocycles. The summed E-state index contributed by atoms with van der Waals surface area (Å²) in [6, 6.07) is 3.27. The molecule has 0 heterocycles. The van der Waals surface area contributed by atoms with E-state index in [0.717, 1.165) is 6.07 Å². The fourth-order valence-electron chi connectivity index (χ4n) is 0.881. The van der Waals surface area contributed by atoms with Gasteiger partial charge in [0.1, 0.15) is 11.6 Å². The molecular weight excluding hydrogens is 189 g/mol. The monoisotopic (exact) mass is 199 g/mol. The molecule has 5 heteroatoms. The Bertz CT molecular complexity index is 341. The third-order valence-corrected chi connectivity index (χ3v) is 1.51. The van der Waals surface area contributed by atoms with Crippen molar-refractivity contribution in [2.45, 2.75) is 6.92 Å². The van der Waals surface area contributed by atoms with Gasteiger partial charge < -0.3 is 5.11 Å². The van der Waals surface area contributed by atoms with Crippen molar-refractivity contribution in [2.75, 3.05) is 6.61 Å². The van der Waals surface area contributed by atoms with Crippen LogP contribution >= 0.6 is 0 Å². The van der Waals surface area contributed by atoms with Crippen molar-refractivity contribution in [1.82, 2.24) is 5.48 Å². The van der Waals surface area contributed by atoms with Crippen molar-refractivity contribution in [3.8, 4) is 5.75 Å². The van der Waals surface area contributed by atoms with Gasteiger partial charge in [0.05, 0.1) is 12.2 Å². The first-order chi connectivity index (χ1) is 6.65. The van der Waals surface area contributed by atoms with Crippen molar-refractivity contribution in [3.05, 3.63) is 29.6 Å². The number of hydrogen-bond donors (Lipinski definition) is 2. The lowest BCUT2D eigenvalue weighted by Gasteiger charge is -2.04. The lowest BCUT2D eigenvalue weighted by molar-refractivity contribution is 0.0361. The summed E-state index contributed by atoms with van der Waals surface area (Å²) in [4.78, 5) is 15.8. The quantitative estimate of drug-likeness (QED) is 0.719. The average molecular weight is 199 g/mol. The zero-order chi connectivity index (χ0) is 10.6. The van der Waals surface area contributed by atoms with Crippen LogP contribution in [-0.2, 0) is 4.84 Å². The Kier molecular flexibility index (Phi) is 3.41. The highest BCUT2D eigenvalue weighted by atomic mass is 19.1. The summed E-state index contributed by atoms with van der Waals surface area (Å²) in [6.07, 6.45) is 0. The molecule has 0 atom stereocenters. The number of amides is 1. The summed E-state index contributed by atoms with van der Waals surface area (Å²) in [6.45, 7) is 1.99. The molecule has 0 saturated carbocycles. The molecule has 0 aliphatic carbocycles. The van der Waals surface area contributed by atoms with Crippen molar-refractivity contribution < 1.29 is 19.1 Å². The number of benzene rings is 1. The van der Waals surface area contributed by atoms with Crippen LogP contribution in [0.25, 0.3) is 0 Å². The largest absolute Gasteiger partial charge is 0.508 e. The van der Waals surface area contributed by atoms with Gasteiger partial charge in [0.25, 0.3) is 5.91 Å². The second-order valence-corrected chi connectivity index (χ2v) is 2.53. The smallest absolute Gasteiger partial charge is 0.277 e. The molecule has 76 valence electrons. The van der Waals surface area contributed by atoms with Crippen LogP contribution in [0.3, 0.4) is 0 Å². The molecular formula is C9H10FNO3. The molecule has 0 saturated heterocycles. The summed E-state index contributed by atoms with van der Waals surface area (Å²) in [5.74, 6) is -1.69. The number of rotatable bonds is 3. The second-order valence-electron chi connectivity index (χ2n) is 2.53. The van der Waals surface area contributed by atoms with Crippen molar-refractivity contribution in [2.24, 2.45) is 0 Å². The van der Waals surface area contributed by atoms with Crippen LogP contribution < -0.4 is 5.48 Å². The molecule has 4 nitrogen and oxygen atoms in total. The van der Waals surface area contributed by atoms with E-state index < -0.39 is 11.7 Å². The summed E-state index contributed by atoms with van der Waals surface area (Å²) in [7, 11) is 0. The van der Waals surface area contributed by atoms with E-state index in [2.05, 4.69) is 4.84 Å². The van der Waals surface area contributed by atoms with Crippen LogP contribution in [0.1, 0.15) is 17.3 Å². The molecule has 0 unspecified atom stereocenters. The summed E-state index contributed by atoms with van der Waals surface area (Å²) in [5, 5.41) is 8.89. The van der Waals surface area contributed by atoms with E-state index in [0.29, 0.717) is 6.61 Å². The number of hydroxylamine groups is 1. The van der Waals surface area contributed by atoms with Gasteiger partial charge in [0, 0.05) is 6.07 Å². The Hall–Kier alpha value is -1.62. The normalized spacial score (nSPS) is 9.86. The zero-order valence-corrected chi connectivity index (χ0v) is 7.58. The maximum Gasteiger partial charge on any atom is 0.277 e. The summed E-state index contributed by atoms with van der Waals surface area (Å²) in [5.41, 5.74) is 1.88. The Morgan fingerprint density at radius 1 is 1.64 bits per heavy atom. The molecule has 0 aliphatic rings. The number of nitrogens with one attached hydrogen (secondary N) is 1. The SMILES string of the molecule is CCONC(=O)c1ccc(O)cc1F. The zero-order valence-electron chi connectivity index (χ0n) is 7.58. The van der Waals surface area contributed by atoms with Crippen LogP contribution in [0.15, 0.2) is 18.2 Å². The maximum absolute atomic E-state index is 13.1. The summed E-state index contributed by atoms with van der Waals surface area (Å²) >= 11 is 0. The van der Waals surface area contributed by atoms with Gasteiger partial charge in [-0.3, -0.25) is 9.63 Å². The minimum absolute atomic E-state index is 0.170. The minimum atomic E-state index is -0.790. The van der Waals surface area contributed by atoms with Crippen LogP contribution in [0.4, 0.5) is 4.39 Å². The predicted molar refractivity (Wildman–Crippen MR) is 47.2 cm³/mol. The lowest BCUT2D eigenvalue weighted by Crippen LogP contribution is -2.24. The number of phenolic OH excluding ortho intramolecular Hbond substituents is 1. The van der Waals surface area contributed by atoms with Gasteiger partial charge in [0.2, 0.25) is 0 Å². The average Bonchev–Trinajstić information content (AvgIpc) is 2.14. The first-order valence-corrected chi connectivity index (χ1v) is 4.05. The standard InChI is InChI=1S/C9H10FNO3/c1-2-14-11-9(13)7-4-3-6(12)5-8(7)10/h3-5,12H,2H2,1H3,(H,11,13). The van der Waals surface area contributed by atoms with Gasteiger partial charge in [-0.15, -0.1) is 0 Å². The molecule has 1 rings (SSSR count).